The lowest BCUT2D eigenvalue weighted by Crippen LogP contribution is -1.98. The third-order valence-corrected chi connectivity index (χ3v) is 2.11. The summed E-state index contributed by atoms with van der Waals surface area (Å²) in [5.74, 6) is -0.872. The largest absolute Gasteiger partial charge is 0.481 e. The van der Waals surface area contributed by atoms with Crippen LogP contribution in [0.25, 0.3) is 0 Å². The Balaban J connectivity index is 2.10. The molecule has 2 rings (SSSR count). The molecule has 1 N–H and O–H groups in total. The first-order valence-electron chi connectivity index (χ1n) is 3.77. The van der Waals surface area contributed by atoms with Gasteiger partial charge in [0, 0.05) is 19.2 Å². The molecule has 0 unspecified atom stereocenters. The molecule has 1 fully saturated rings. The van der Waals surface area contributed by atoms with Crippen molar-refractivity contribution in [3.8, 4) is 0 Å². The monoisotopic (exact) mass is 167 g/mol. The Morgan fingerprint density at radius 1 is 1.83 bits per heavy atom. The predicted molar refractivity (Wildman–Crippen MR) is 39.5 cm³/mol. The van der Waals surface area contributed by atoms with Gasteiger partial charge in [-0.3, -0.25) is 9.48 Å². The Morgan fingerprint density at radius 2 is 2.58 bits per heavy atom. The molecule has 0 bridgehead atoms. The minimum absolute atomic E-state index is 0.0937. The summed E-state index contributed by atoms with van der Waals surface area (Å²) in [4.78, 5) is 10.5. The average molecular weight is 167 g/mol. The van der Waals surface area contributed by atoms with Crippen LogP contribution in [0, 0.1) is 5.92 Å². The van der Waals surface area contributed by atoms with Gasteiger partial charge in [-0.25, -0.2) is 0 Å². The molecule has 0 saturated heterocycles. The van der Waals surface area contributed by atoms with E-state index in [1.165, 1.54) is 0 Å². The minimum Gasteiger partial charge on any atom is -0.481 e. The Bertz CT molecular complexity index is 320. The minimum atomic E-state index is -0.731. The highest BCUT2D eigenvalue weighted by molar-refractivity contribution is 5.74. The van der Waals surface area contributed by atoms with Crippen LogP contribution >= 0.6 is 0 Å². The zero-order valence-corrected chi connectivity index (χ0v) is 6.64. The van der Waals surface area contributed by atoms with E-state index in [1.54, 1.807) is 17.9 Å². The highest BCUT2D eigenvalue weighted by atomic mass is 16.4. The second-order valence-electron chi connectivity index (χ2n) is 3.10. The first-order chi connectivity index (χ1) is 5.68. The van der Waals surface area contributed by atoms with E-state index >= 15 is 0 Å². The molecule has 0 spiro atoms. The van der Waals surface area contributed by atoms with Gasteiger partial charge >= 0.3 is 5.97 Å². The molecule has 64 valence electrons. The Kier molecular flexibility index (Phi) is 1.39. The van der Waals surface area contributed by atoms with Crippen LogP contribution in [0.3, 0.4) is 0 Å². The number of carboxylic acids is 1. The van der Waals surface area contributed by atoms with Crippen molar-refractivity contribution >= 4 is 5.97 Å². The number of nitrogens with zero attached hydrogens (tertiary/aromatic N) is 3. The van der Waals surface area contributed by atoms with Gasteiger partial charge in [0.1, 0.15) is 0 Å². The highest BCUT2D eigenvalue weighted by Gasteiger charge is 2.45. The normalized spacial score (nSPS) is 27.1. The fraction of sp³-hybridized carbons (Fsp3) is 0.571. The van der Waals surface area contributed by atoms with Gasteiger partial charge in [0.05, 0.1) is 11.6 Å². The summed E-state index contributed by atoms with van der Waals surface area (Å²) in [6.45, 7) is 0. The van der Waals surface area contributed by atoms with Crippen LogP contribution in [0.2, 0.25) is 0 Å². The summed E-state index contributed by atoms with van der Waals surface area (Å²) < 4.78 is 1.59. The fourth-order valence-corrected chi connectivity index (χ4v) is 1.33. The van der Waals surface area contributed by atoms with Crippen LogP contribution < -0.4 is 0 Å². The van der Waals surface area contributed by atoms with Gasteiger partial charge in [0.15, 0.2) is 0 Å². The molecule has 1 heterocycles. The Labute approximate surface area is 69.0 Å². The quantitative estimate of drug-likeness (QED) is 0.673. The molecule has 12 heavy (non-hydrogen) atoms. The summed E-state index contributed by atoms with van der Waals surface area (Å²) in [5, 5.41) is 16.2. The number of aryl methyl sites for hydroxylation is 1. The summed E-state index contributed by atoms with van der Waals surface area (Å²) in [5.41, 5.74) is 0.796. The molecule has 1 aliphatic rings. The van der Waals surface area contributed by atoms with Gasteiger partial charge in [0.25, 0.3) is 0 Å². The summed E-state index contributed by atoms with van der Waals surface area (Å²) >= 11 is 0. The number of aliphatic carboxylic acids is 1. The van der Waals surface area contributed by atoms with Crippen molar-refractivity contribution in [2.75, 3.05) is 0 Å². The molecule has 1 aromatic rings. The average Bonchev–Trinajstić information content (AvgIpc) is 2.70. The van der Waals surface area contributed by atoms with Crippen molar-refractivity contribution in [1.29, 1.82) is 0 Å². The van der Waals surface area contributed by atoms with E-state index in [1.807, 2.05) is 0 Å². The van der Waals surface area contributed by atoms with Gasteiger partial charge in [-0.2, -0.15) is 0 Å². The molecule has 2 atom stereocenters. The van der Waals surface area contributed by atoms with E-state index in [0.29, 0.717) is 6.42 Å². The highest BCUT2D eigenvalue weighted by Crippen LogP contribution is 2.46. The zero-order valence-electron chi connectivity index (χ0n) is 6.64. The van der Waals surface area contributed by atoms with Crippen LogP contribution in [-0.4, -0.2) is 26.1 Å². The molecule has 0 amide bonds. The van der Waals surface area contributed by atoms with E-state index in [9.17, 15) is 4.79 Å². The lowest BCUT2D eigenvalue weighted by Gasteiger charge is -1.87. The molecule has 1 aromatic heterocycles. The third-order valence-electron chi connectivity index (χ3n) is 2.11. The van der Waals surface area contributed by atoms with E-state index in [4.69, 9.17) is 5.11 Å². The van der Waals surface area contributed by atoms with E-state index in [2.05, 4.69) is 10.3 Å². The molecule has 1 saturated carbocycles. The van der Waals surface area contributed by atoms with E-state index in [-0.39, 0.29) is 11.8 Å². The smallest absolute Gasteiger partial charge is 0.307 e. The first kappa shape index (κ1) is 7.27. The van der Waals surface area contributed by atoms with Crippen molar-refractivity contribution < 1.29 is 9.90 Å². The molecule has 0 aliphatic heterocycles. The Hall–Kier alpha value is -1.39. The molecule has 1 aliphatic carbocycles. The molecule has 0 aromatic carbocycles. The number of aromatic nitrogens is 3. The predicted octanol–water partition coefficient (Wildman–Crippen LogP) is 0.00320. The van der Waals surface area contributed by atoms with Crippen molar-refractivity contribution in [3.63, 3.8) is 0 Å². The molecule has 5 nitrogen and oxygen atoms in total. The number of hydrogen-bond donors (Lipinski definition) is 1. The maximum Gasteiger partial charge on any atom is 0.307 e. The number of rotatable bonds is 2. The van der Waals surface area contributed by atoms with Crippen LogP contribution in [0.5, 0.6) is 0 Å². The summed E-state index contributed by atoms with van der Waals surface area (Å²) in [6, 6.07) is 0. The van der Waals surface area contributed by atoms with Crippen molar-refractivity contribution in [1.82, 2.24) is 15.0 Å². The van der Waals surface area contributed by atoms with E-state index < -0.39 is 5.97 Å². The number of hydrogen-bond acceptors (Lipinski definition) is 3. The van der Waals surface area contributed by atoms with Gasteiger partial charge < -0.3 is 5.11 Å². The van der Waals surface area contributed by atoms with Crippen molar-refractivity contribution in [3.05, 3.63) is 11.9 Å². The lowest BCUT2D eigenvalue weighted by atomic mass is 10.2. The van der Waals surface area contributed by atoms with Crippen LogP contribution in [0.4, 0.5) is 0 Å². The SMILES string of the molecule is Cn1cc([C@@H]2C[C@H]2C(=O)O)nn1. The third kappa shape index (κ3) is 1.07. The van der Waals surface area contributed by atoms with Crippen LogP contribution in [0.1, 0.15) is 18.0 Å². The van der Waals surface area contributed by atoms with Crippen molar-refractivity contribution in [2.45, 2.75) is 12.3 Å². The second-order valence-corrected chi connectivity index (χ2v) is 3.10. The summed E-state index contributed by atoms with van der Waals surface area (Å²) in [7, 11) is 1.77. The molecule has 5 heteroatoms. The van der Waals surface area contributed by atoms with Crippen molar-refractivity contribution in [2.24, 2.45) is 13.0 Å². The topological polar surface area (TPSA) is 68.0 Å². The van der Waals surface area contributed by atoms with Gasteiger partial charge in [0.2, 0.25) is 0 Å². The Morgan fingerprint density at radius 3 is 3.00 bits per heavy atom. The standard InChI is InChI=1S/C7H9N3O2/c1-10-3-6(8-9-10)4-2-5(4)7(11)12/h3-5H,2H2,1H3,(H,11,12)/t4-,5-/m1/s1. The maximum absolute atomic E-state index is 10.5. The number of carbonyl (C=O) groups is 1. The van der Waals surface area contributed by atoms with Crippen LogP contribution in [0.15, 0.2) is 6.20 Å². The van der Waals surface area contributed by atoms with Gasteiger partial charge in [-0.1, -0.05) is 5.21 Å². The second kappa shape index (κ2) is 2.30. The molecular formula is C7H9N3O2. The molecule has 0 radical (unpaired) electrons. The molecular weight excluding hydrogens is 158 g/mol. The lowest BCUT2D eigenvalue weighted by molar-refractivity contribution is -0.138. The number of carboxylic acid groups (broad SMARTS) is 1. The first-order valence-corrected chi connectivity index (χ1v) is 3.77. The van der Waals surface area contributed by atoms with Crippen LogP contribution in [-0.2, 0) is 11.8 Å². The zero-order chi connectivity index (χ0) is 8.72. The summed E-state index contributed by atoms with van der Waals surface area (Å²) in [6.07, 6.45) is 2.47. The maximum atomic E-state index is 10.5. The van der Waals surface area contributed by atoms with Gasteiger partial charge in [-0.05, 0) is 6.42 Å². The van der Waals surface area contributed by atoms with Gasteiger partial charge in [-0.15, -0.1) is 5.10 Å². The van der Waals surface area contributed by atoms with E-state index in [0.717, 1.165) is 5.69 Å². The fourth-order valence-electron chi connectivity index (χ4n) is 1.33.